The van der Waals surface area contributed by atoms with Crippen molar-refractivity contribution >= 4 is 10.1 Å². The molecule has 0 amide bonds. The summed E-state index contributed by atoms with van der Waals surface area (Å²) in [6.45, 7) is -0.550. The lowest BCUT2D eigenvalue weighted by atomic mass is 10.2. The van der Waals surface area contributed by atoms with Crippen molar-refractivity contribution in [3.8, 4) is 17.2 Å². The van der Waals surface area contributed by atoms with E-state index < -0.39 is 50.6 Å². The molecule has 2 aromatic carbocycles. The summed E-state index contributed by atoms with van der Waals surface area (Å²) in [7, 11) is -2.81. The van der Waals surface area contributed by atoms with Crippen molar-refractivity contribution in [2.75, 3.05) is 14.2 Å². The summed E-state index contributed by atoms with van der Waals surface area (Å²) in [6.07, 6.45) is 0. The number of hydrogen-bond donors (Lipinski definition) is 1. The second-order valence-corrected chi connectivity index (χ2v) is 6.26. The van der Waals surface area contributed by atoms with Gasteiger partial charge in [-0.1, -0.05) is 0 Å². The molecule has 1 N–H and O–H groups in total. The van der Waals surface area contributed by atoms with E-state index in [0.29, 0.717) is 11.5 Å². The molecule has 0 unspecified atom stereocenters. The van der Waals surface area contributed by atoms with Crippen molar-refractivity contribution in [1.29, 1.82) is 0 Å². The highest BCUT2D eigenvalue weighted by atomic mass is 32.2. The largest absolute Gasteiger partial charge is 0.497 e. The van der Waals surface area contributed by atoms with Crippen molar-refractivity contribution in [2.45, 2.75) is 11.5 Å². The molecule has 0 aliphatic rings. The number of hydrogen-bond acceptors (Lipinski definition) is 5. The van der Waals surface area contributed by atoms with Crippen LogP contribution in [-0.4, -0.2) is 27.2 Å². The van der Waals surface area contributed by atoms with E-state index in [0.717, 1.165) is 0 Å². The zero-order valence-electron chi connectivity index (χ0n) is 13.3. The van der Waals surface area contributed by atoms with Gasteiger partial charge in [0, 0.05) is 6.07 Å². The van der Waals surface area contributed by atoms with Crippen molar-refractivity contribution < 1.29 is 44.7 Å². The SMILES string of the molecule is COc1cc(COc2c(F)c(F)c(S(=O)(=O)O)c(F)c2F)cc(OC)c1. The third kappa shape index (κ3) is 3.83. The van der Waals surface area contributed by atoms with E-state index in [1.54, 1.807) is 0 Å². The van der Waals surface area contributed by atoms with E-state index in [-0.39, 0.29) is 5.56 Å². The Kier molecular flexibility index (Phi) is 5.62. The quantitative estimate of drug-likeness (QED) is 0.459. The van der Waals surface area contributed by atoms with E-state index >= 15 is 0 Å². The molecule has 0 aromatic heterocycles. The lowest BCUT2D eigenvalue weighted by Crippen LogP contribution is -2.12. The van der Waals surface area contributed by atoms with Crippen LogP contribution in [0.25, 0.3) is 0 Å². The minimum Gasteiger partial charge on any atom is -0.497 e. The first-order valence-corrected chi connectivity index (χ1v) is 8.22. The van der Waals surface area contributed by atoms with Gasteiger partial charge in [0.15, 0.2) is 22.3 Å². The summed E-state index contributed by atoms with van der Waals surface area (Å²) in [5.74, 6) is -9.65. The molecule has 0 radical (unpaired) electrons. The Balaban J connectivity index is 2.43. The van der Waals surface area contributed by atoms with Crippen LogP contribution in [0, 0.1) is 23.3 Å². The Morgan fingerprint density at radius 3 is 1.73 bits per heavy atom. The van der Waals surface area contributed by atoms with Crippen molar-refractivity contribution in [2.24, 2.45) is 0 Å². The van der Waals surface area contributed by atoms with Gasteiger partial charge in [0.05, 0.1) is 14.2 Å². The second-order valence-electron chi connectivity index (χ2n) is 4.90. The van der Waals surface area contributed by atoms with Gasteiger partial charge in [0.1, 0.15) is 18.1 Å². The molecular weight excluding hydrogens is 384 g/mol. The summed E-state index contributed by atoms with van der Waals surface area (Å²) in [5.41, 5.74) is 0.277. The first kappa shape index (κ1) is 19.8. The maximum atomic E-state index is 13.9. The second kappa shape index (κ2) is 7.38. The van der Waals surface area contributed by atoms with Crippen LogP contribution in [0.3, 0.4) is 0 Å². The molecule has 6 nitrogen and oxygen atoms in total. The number of halogens is 4. The fraction of sp³-hybridized carbons (Fsp3) is 0.200. The normalized spacial score (nSPS) is 11.3. The molecule has 0 saturated heterocycles. The van der Waals surface area contributed by atoms with Crippen LogP contribution in [0.1, 0.15) is 5.56 Å². The fourth-order valence-corrected chi connectivity index (χ4v) is 2.68. The van der Waals surface area contributed by atoms with Crippen molar-refractivity contribution in [1.82, 2.24) is 0 Å². The van der Waals surface area contributed by atoms with Gasteiger partial charge < -0.3 is 14.2 Å². The Hall–Kier alpha value is -2.53. The lowest BCUT2D eigenvalue weighted by Gasteiger charge is -2.13. The average Bonchev–Trinajstić information content (AvgIpc) is 2.58. The number of benzene rings is 2. The maximum Gasteiger partial charge on any atom is 0.300 e. The zero-order valence-corrected chi connectivity index (χ0v) is 14.2. The van der Waals surface area contributed by atoms with Crippen LogP contribution in [0.2, 0.25) is 0 Å². The molecule has 0 spiro atoms. The molecule has 26 heavy (non-hydrogen) atoms. The predicted octanol–water partition coefficient (Wildman–Crippen LogP) is 3.09. The Morgan fingerprint density at radius 2 is 1.35 bits per heavy atom. The predicted molar refractivity (Wildman–Crippen MR) is 80.0 cm³/mol. The Labute approximate surface area is 145 Å². The molecule has 0 heterocycles. The van der Waals surface area contributed by atoms with Gasteiger partial charge in [-0.15, -0.1) is 0 Å². The number of rotatable bonds is 6. The van der Waals surface area contributed by atoms with Crippen molar-refractivity contribution in [3.05, 3.63) is 47.0 Å². The molecule has 0 aliphatic heterocycles. The standard InChI is InChI=1S/C15H12F4O6S/c1-23-8-3-7(4-9(5-8)24-2)6-25-14-10(16)12(18)15(26(20,21)22)13(19)11(14)17/h3-5H,6H2,1-2H3,(H,20,21,22). The van der Waals surface area contributed by atoms with Gasteiger partial charge >= 0.3 is 10.1 Å². The summed E-state index contributed by atoms with van der Waals surface area (Å²) in [4.78, 5) is -2.14. The van der Waals surface area contributed by atoms with E-state index in [1.807, 2.05) is 0 Å². The van der Waals surface area contributed by atoms with Gasteiger partial charge in [0.2, 0.25) is 11.6 Å². The molecule has 2 aromatic rings. The third-order valence-corrected chi connectivity index (χ3v) is 4.11. The summed E-state index contributed by atoms with van der Waals surface area (Å²) >= 11 is 0. The molecule has 0 atom stereocenters. The smallest absolute Gasteiger partial charge is 0.300 e. The molecule has 0 saturated carbocycles. The lowest BCUT2D eigenvalue weighted by molar-refractivity contribution is 0.256. The summed E-state index contributed by atoms with van der Waals surface area (Å²) < 4.78 is 100. The van der Waals surface area contributed by atoms with Crippen LogP contribution < -0.4 is 14.2 Å². The van der Waals surface area contributed by atoms with Crippen LogP contribution in [0.15, 0.2) is 23.1 Å². The topological polar surface area (TPSA) is 82.1 Å². The highest BCUT2D eigenvalue weighted by Crippen LogP contribution is 2.33. The minimum absolute atomic E-state index is 0.277. The van der Waals surface area contributed by atoms with Crippen LogP contribution in [0.5, 0.6) is 17.2 Å². The molecular formula is C15H12F4O6S. The molecule has 11 heteroatoms. The summed E-state index contributed by atoms with van der Waals surface area (Å²) in [5, 5.41) is 0. The van der Waals surface area contributed by atoms with Crippen LogP contribution in [-0.2, 0) is 16.7 Å². The van der Waals surface area contributed by atoms with Gasteiger partial charge in [0.25, 0.3) is 0 Å². The number of methoxy groups -OCH3 is 2. The molecule has 0 aliphatic carbocycles. The Morgan fingerprint density at radius 1 is 0.885 bits per heavy atom. The maximum absolute atomic E-state index is 13.9. The molecule has 2 rings (SSSR count). The average molecular weight is 396 g/mol. The fourth-order valence-electron chi connectivity index (χ4n) is 2.05. The highest BCUT2D eigenvalue weighted by molar-refractivity contribution is 7.85. The summed E-state index contributed by atoms with van der Waals surface area (Å²) in [6, 6.07) is 4.33. The van der Waals surface area contributed by atoms with E-state index in [4.69, 9.17) is 18.8 Å². The van der Waals surface area contributed by atoms with Gasteiger partial charge in [-0.2, -0.15) is 17.2 Å². The van der Waals surface area contributed by atoms with E-state index in [2.05, 4.69) is 0 Å². The monoisotopic (exact) mass is 396 g/mol. The molecule has 142 valence electrons. The molecule has 0 fully saturated rings. The highest BCUT2D eigenvalue weighted by Gasteiger charge is 2.33. The van der Waals surface area contributed by atoms with E-state index in [9.17, 15) is 26.0 Å². The van der Waals surface area contributed by atoms with Crippen LogP contribution >= 0.6 is 0 Å². The minimum atomic E-state index is -5.53. The van der Waals surface area contributed by atoms with E-state index in [1.165, 1.54) is 32.4 Å². The first-order valence-electron chi connectivity index (χ1n) is 6.78. The number of ether oxygens (including phenoxy) is 3. The van der Waals surface area contributed by atoms with Gasteiger partial charge in [-0.05, 0) is 17.7 Å². The zero-order chi connectivity index (χ0) is 19.6. The van der Waals surface area contributed by atoms with Crippen molar-refractivity contribution in [3.63, 3.8) is 0 Å². The van der Waals surface area contributed by atoms with Gasteiger partial charge in [-0.3, -0.25) is 4.55 Å². The first-order chi connectivity index (χ1) is 12.1. The Bertz CT molecular complexity index is 894. The van der Waals surface area contributed by atoms with Gasteiger partial charge in [-0.25, -0.2) is 8.78 Å². The van der Waals surface area contributed by atoms with Crippen LogP contribution in [0.4, 0.5) is 17.6 Å². The third-order valence-electron chi connectivity index (χ3n) is 3.24. The molecule has 0 bridgehead atoms.